The highest BCUT2D eigenvalue weighted by atomic mass is 16.5. The number of carbonyl (C=O) groups is 1. The summed E-state index contributed by atoms with van der Waals surface area (Å²) in [5.41, 5.74) is 2.10. The van der Waals surface area contributed by atoms with Crippen LogP contribution in [0.3, 0.4) is 0 Å². The van der Waals surface area contributed by atoms with Gasteiger partial charge in [0.25, 0.3) is 0 Å². The van der Waals surface area contributed by atoms with Crippen LogP contribution in [-0.4, -0.2) is 32.2 Å². The van der Waals surface area contributed by atoms with Gasteiger partial charge >= 0.3 is 0 Å². The highest BCUT2D eigenvalue weighted by molar-refractivity contribution is 5.77. The number of nitrogens with one attached hydrogen (secondary N) is 2. The first kappa shape index (κ1) is 15.4. The van der Waals surface area contributed by atoms with E-state index >= 15 is 0 Å². The minimum absolute atomic E-state index is 0.0104. The van der Waals surface area contributed by atoms with Gasteiger partial charge in [0, 0.05) is 13.1 Å². The molecule has 0 saturated carbocycles. The van der Waals surface area contributed by atoms with Gasteiger partial charge in [-0.2, -0.15) is 0 Å². The van der Waals surface area contributed by atoms with Crippen LogP contribution in [0.4, 0.5) is 0 Å². The molecule has 0 aromatic heterocycles. The molecule has 0 aliphatic rings. The summed E-state index contributed by atoms with van der Waals surface area (Å²) < 4.78 is 5.31. The maximum absolute atomic E-state index is 11.5. The summed E-state index contributed by atoms with van der Waals surface area (Å²) in [4.78, 5) is 11.5. The Morgan fingerprint density at radius 3 is 2.74 bits per heavy atom. The van der Waals surface area contributed by atoms with Crippen LogP contribution in [0.1, 0.15) is 12.5 Å². The molecular weight excluding hydrogens is 240 g/mol. The normalized spacial score (nSPS) is 10.2. The quantitative estimate of drug-likeness (QED) is 0.523. The fourth-order valence-corrected chi connectivity index (χ4v) is 1.45. The van der Waals surface area contributed by atoms with Gasteiger partial charge in [-0.05, 0) is 12.5 Å². The van der Waals surface area contributed by atoms with E-state index in [4.69, 9.17) is 4.74 Å². The molecular formula is C15H22N2O2. The summed E-state index contributed by atoms with van der Waals surface area (Å²) in [6.45, 7) is 8.35. The number of carbonyl (C=O) groups excluding carboxylic acids is 1. The van der Waals surface area contributed by atoms with Crippen molar-refractivity contribution in [2.45, 2.75) is 13.5 Å². The highest BCUT2D eigenvalue weighted by Crippen LogP contribution is 1.96. The van der Waals surface area contributed by atoms with Gasteiger partial charge in [0.15, 0.2) is 0 Å². The van der Waals surface area contributed by atoms with Gasteiger partial charge in [-0.1, -0.05) is 42.5 Å². The molecule has 0 unspecified atom stereocenters. The molecule has 1 amide bonds. The lowest BCUT2D eigenvalue weighted by atomic mass is 10.2. The van der Waals surface area contributed by atoms with E-state index in [9.17, 15) is 4.79 Å². The lowest BCUT2D eigenvalue weighted by Gasteiger charge is -2.07. The summed E-state index contributed by atoms with van der Waals surface area (Å²) in [6.07, 6.45) is 0. The Morgan fingerprint density at radius 2 is 2.05 bits per heavy atom. The molecule has 0 saturated heterocycles. The van der Waals surface area contributed by atoms with Crippen LogP contribution in [0.25, 0.3) is 0 Å². The molecule has 0 heterocycles. The van der Waals surface area contributed by atoms with Gasteiger partial charge in [-0.15, -0.1) is 0 Å². The second-order valence-electron chi connectivity index (χ2n) is 4.45. The second kappa shape index (κ2) is 9.30. The SMILES string of the molecule is C=C(C)COCCNCC(=O)NCc1ccccc1. The minimum atomic E-state index is -0.0104. The van der Waals surface area contributed by atoms with Crippen molar-refractivity contribution in [1.82, 2.24) is 10.6 Å². The van der Waals surface area contributed by atoms with Gasteiger partial charge in [-0.25, -0.2) is 0 Å². The fourth-order valence-electron chi connectivity index (χ4n) is 1.45. The van der Waals surface area contributed by atoms with Gasteiger partial charge in [0.1, 0.15) is 0 Å². The Kier molecular flexibility index (Phi) is 7.54. The van der Waals surface area contributed by atoms with Crippen LogP contribution in [-0.2, 0) is 16.1 Å². The van der Waals surface area contributed by atoms with Crippen LogP contribution in [0.15, 0.2) is 42.5 Å². The monoisotopic (exact) mass is 262 g/mol. The molecule has 0 aliphatic heterocycles. The molecule has 0 fully saturated rings. The largest absolute Gasteiger partial charge is 0.376 e. The van der Waals surface area contributed by atoms with Crippen molar-refractivity contribution < 1.29 is 9.53 Å². The number of hydrogen-bond acceptors (Lipinski definition) is 3. The van der Waals surface area contributed by atoms with E-state index in [1.54, 1.807) is 0 Å². The van der Waals surface area contributed by atoms with Crippen LogP contribution < -0.4 is 10.6 Å². The van der Waals surface area contributed by atoms with E-state index in [2.05, 4.69) is 17.2 Å². The summed E-state index contributed by atoms with van der Waals surface area (Å²) in [5.74, 6) is -0.0104. The summed E-state index contributed by atoms with van der Waals surface area (Å²) in [7, 11) is 0. The summed E-state index contributed by atoms with van der Waals surface area (Å²) in [6, 6.07) is 9.84. The van der Waals surface area contributed by atoms with Crippen molar-refractivity contribution in [3.05, 3.63) is 48.0 Å². The zero-order valence-electron chi connectivity index (χ0n) is 11.4. The smallest absolute Gasteiger partial charge is 0.234 e. The van der Waals surface area contributed by atoms with Crippen molar-refractivity contribution in [3.8, 4) is 0 Å². The van der Waals surface area contributed by atoms with E-state index in [0.29, 0.717) is 32.8 Å². The zero-order chi connectivity index (χ0) is 13.9. The predicted octanol–water partition coefficient (Wildman–Crippen LogP) is 1.49. The zero-order valence-corrected chi connectivity index (χ0v) is 11.4. The van der Waals surface area contributed by atoms with Gasteiger partial charge < -0.3 is 15.4 Å². The molecule has 0 spiro atoms. The van der Waals surface area contributed by atoms with E-state index < -0.39 is 0 Å². The Morgan fingerprint density at radius 1 is 1.32 bits per heavy atom. The molecule has 4 nitrogen and oxygen atoms in total. The first-order valence-corrected chi connectivity index (χ1v) is 6.42. The third-order valence-electron chi connectivity index (χ3n) is 2.39. The second-order valence-corrected chi connectivity index (χ2v) is 4.45. The van der Waals surface area contributed by atoms with Crippen molar-refractivity contribution in [3.63, 3.8) is 0 Å². The molecule has 19 heavy (non-hydrogen) atoms. The van der Waals surface area contributed by atoms with Gasteiger partial charge in [0.05, 0.1) is 19.8 Å². The van der Waals surface area contributed by atoms with Gasteiger partial charge in [-0.3, -0.25) is 4.79 Å². The average molecular weight is 262 g/mol. The molecule has 0 radical (unpaired) electrons. The topological polar surface area (TPSA) is 50.4 Å². The Hall–Kier alpha value is -1.65. The van der Waals surface area contributed by atoms with Crippen LogP contribution in [0, 0.1) is 0 Å². The Balaban J connectivity index is 2.01. The summed E-state index contributed by atoms with van der Waals surface area (Å²) in [5, 5.41) is 5.88. The van der Waals surface area contributed by atoms with Crippen molar-refractivity contribution in [2.24, 2.45) is 0 Å². The van der Waals surface area contributed by atoms with Crippen molar-refractivity contribution in [2.75, 3.05) is 26.3 Å². The first-order chi connectivity index (χ1) is 9.18. The highest BCUT2D eigenvalue weighted by Gasteiger charge is 2.00. The lowest BCUT2D eigenvalue weighted by molar-refractivity contribution is -0.120. The van der Waals surface area contributed by atoms with E-state index in [1.807, 2.05) is 37.3 Å². The Bertz CT molecular complexity index is 390. The van der Waals surface area contributed by atoms with Crippen molar-refractivity contribution in [1.29, 1.82) is 0 Å². The molecule has 1 aromatic carbocycles. The number of amides is 1. The molecule has 1 aromatic rings. The Labute approximate surface area is 114 Å². The minimum Gasteiger partial charge on any atom is -0.376 e. The molecule has 0 atom stereocenters. The lowest BCUT2D eigenvalue weighted by Crippen LogP contribution is -2.34. The average Bonchev–Trinajstić information content (AvgIpc) is 2.41. The van der Waals surface area contributed by atoms with E-state index in [-0.39, 0.29) is 5.91 Å². The maximum atomic E-state index is 11.5. The third kappa shape index (κ3) is 8.13. The predicted molar refractivity (Wildman–Crippen MR) is 76.8 cm³/mol. The third-order valence-corrected chi connectivity index (χ3v) is 2.39. The molecule has 1 rings (SSSR count). The number of rotatable bonds is 9. The van der Waals surface area contributed by atoms with Crippen LogP contribution >= 0.6 is 0 Å². The standard InChI is InChI=1S/C15H22N2O2/c1-13(2)12-19-9-8-16-11-15(18)17-10-14-6-4-3-5-7-14/h3-7,16H,1,8-12H2,2H3,(H,17,18). The number of benzene rings is 1. The molecule has 2 N–H and O–H groups in total. The van der Waals surface area contributed by atoms with Crippen molar-refractivity contribution >= 4 is 5.91 Å². The molecule has 4 heteroatoms. The number of hydrogen-bond donors (Lipinski definition) is 2. The van der Waals surface area contributed by atoms with E-state index in [0.717, 1.165) is 11.1 Å². The maximum Gasteiger partial charge on any atom is 0.234 e. The summed E-state index contributed by atoms with van der Waals surface area (Å²) >= 11 is 0. The van der Waals surface area contributed by atoms with Crippen LogP contribution in [0.5, 0.6) is 0 Å². The van der Waals surface area contributed by atoms with Crippen LogP contribution in [0.2, 0.25) is 0 Å². The molecule has 104 valence electrons. The molecule has 0 bridgehead atoms. The van der Waals surface area contributed by atoms with E-state index in [1.165, 1.54) is 0 Å². The van der Waals surface area contributed by atoms with Gasteiger partial charge in [0.2, 0.25) is 5.91 Å². The number of ether oxygens (including phenoxy) is 1. The first-order valence-electron chi connectivity index (χ1n) is 6.42. The molecule has 0 aliphatic carbocycles. The fraction of sp³-hybridized carbons (Fsp3) is 0.400.